The van der Waals surface area contributed by atoms with Crippen LogP contribution in [0.15, 0.2) is 18.2 Å². The molecule has 14 heavy (non-hydrogen) atoms. The van der Waals surface area contributed by atoms with Gasteiger partial charge in [0.2, 0.25) is 0 Å². The van der Waals surface area contributed by atoms with Crippen molar-refractivity contribution in [2.45, 2.75) is 52.4 Å². The maximum absolute atomic E-state index is 3.33. The van der Waals surface area contributed by atoms with Crippen LogP contribution in [0.25, 0.3) is 0 Å². The van der Waals surface area contributed by atoms with Gasteiger partial charge in [0.25, 0.3) is 0 Å². The van der Waals surface area contributed by atoms with Crippen molar-refractivity contribution < 1.29 is 0 Å². The van der Waals surface area contributed by atoms with E-state index in [9.17, 15) is 0 Å². The maximum Gasteiger partial charge on any atom is -0.0146 e. The van der Waals surface area contributed by atoms with Gasteiger partial charge in [-0.05, 0) is 37.0 Å². The first-order chi connectivity index (χ1) is 6.84. The summed E-state index contributed by atoms with van der Waals surface area (Å²) in [7, 11) is 0. The van der Waals surface area contributed by atoms with Gasteiger partial charge in [-0.25, -0.2) is 0 Å². The van der Waals surface area contributed by atoms with E-state index in [2.05, 4.69) is 32.0 Å². The Hall–Kier alpha value is -0.780. The highest BCUT2D eigenvalue weighted by Gasteiger charge is 1.96. The van der Waals surface area contributed by atoms with Crippen molar-refractivity contribution in [1.29, 1.82) is 0 Å². The van der Waals surface area contributed by atoms with Crippen LogP contribution in [-0.2, 0) is 6.42 Å². The lowest BCUT2D eigenvalue weighted by Crippen LogP contribution is -1.89. The van der Waals surface area contributed by atoms with Crippen LogP contribution in [0.2, 0.25) is 0 Å². The molecule has 0 aromatic heterocycles. The molecule has 0 unspecified atom stereocenters. The van der Waals surface area contributed by atoms with Crippen LogP contribution >= 0.6 is 0 Å². The molecule has 0 bridgehead atoms. The molecular formula is C14H21. The number of rotatable bonds is 6. The Labute approximate surface area is 88.4 Å². The number of benzene rings is 1. The van der Waals surface area contributed by atoms with Crippen LogP contribution in [-0.4, -0.2) is 0 Å². The lowest BCUT2D eigenvalue weighted by molar-refractivity contribution is 0.631. The van der Waals surface area contributed by atoms with Gasteiger partial charge in [0, 0.05) is 0 Å². The second kappa shape index (κ2) is 6.64. The zero-order chi connectivity index (χ0) is 10.2. The molecule has 0 heteroatoms. The van der Waals surface area contributed by atoms with E-state index in [1.807, 2.05) is 6.07 Å². The summed E-state index contributed by atoms with van der Waals surface area (Å²) in [5, 5.41) is 0. The lowest BCUT2D eigenvalue weighted by atomic mass is 10.0. The molecule has 0 amide bonds. The van der Waals surface area contributed by atoms with E-state index in [1.54, 1.807) is 0 Å². The summed E-state index contributed by atoms with van der Waals surface area (Å²) >= 11 is 0. The van der Waals surface area contributed by atoms with E-state index in [1.165, 1.54) is 49.7 Å². The average molecular weight is 189 g/mol. The van der Waals surface area contributed by atoms with Gasteiger partial charge in [-0.2, -0.15) is 0 Å². The van der Waals surface area contributed by atoms with Gasteiger partial charge in [-0.3, -0.25) is 0 Å². The molecule has 1 radical (unpaired) electrons. The predicted octanol–water partition coefficient (Wildman–Crippen LogP) is 4.31. The molecule has 1 rings (SSSR count). The zero-order valence-corrected chi connectivity index (χ0v) is 9.47. The van der Waals surface area contributed by atoms with E-state index in [-0.39, 0.29) is 0 Å². The van der Waals surface area contributed by atoms with Crippen molar-refractivity contribution in [3.8, 4) is 0 Å². The first kappa shape index (κ1) is 11.3. The highest BCUT2D eigenvalue weighted by atomic mass is 14.0. The Morgan fingerprint density at radius 2 is 1.93 bits per heavy atom. The van der Waals surface area contributed by atoms with E-state index in [0.717, 1.165) is 0 Å². The summed E-state index contributed by atoms with van der Waals surface area (Å²) in [6.45, 7) is 4.44. The zero-order valence-electron chi connectivity index (χ0n) is 9.47. The summed E-state index contributed by atoms with van der Waals surface area (Å²) in [5.74, 6) is 0. The first-order valence-corrected chi connectivity index (χ1v) is 5.80. The van der Waals surface area contributed by atoms with Gasteiger partial charge in [0.1, 0.15) is 0 Å². The number of hydrogen-bond acceptors (Lipinski definition) is 0. The van der Waals surface area contributed by atoms with E-state index >= 15 is 0 Å². The fraction of sp³-hybridized carbons (Fsp3) is 0.571. The quantitative estimate of drug-likeness (QED) is 0.585. The van der Waals surface area contributed by atoms with Crippen LogP contribution in [0.3, 0.4) is 0 Å². The Balaban J connectivity index is 2.21. The fourth-order valence-electron chi connectivity index (χ4n) is 1.73. The third-order valence-corrected chi connectivity index (χ3v) is 2.71. The Kier molecular flexibility index (Phi) is 5.36. The number of unbranched alkanes of at least 4 members (excludes halogenated alkanes) is 4. The molecule has 0 saturated heterocycles. The Morgan fingerprint density at radius 3 is 2.64 bits per heavy atom. The Bertz CT molecular complexity index is 250. The molecule has 77 valence electrons. The van der Waals surface area contributed by atoms with Crippen molar-refractivity contribution in [3.63, 3.8) is 0 Å². The third-order valence-electron chi connectivity index (χ3n) is 2.71. The second-order valence-corrected chi connectivity index (χ2v) is 4.00. The van der Waals surface area contributed by atoms with Crippen LogP contribution in [0, 0.1) is 13.0 Å². The van der Waals surface area contributed by atoms with Crippen molar-refractivity contribution in [3.05, 3.63) is 35.4 Å². The van der Waals surface area contributed by atoms with Gasteiger partial charge in [-0.1, -0.05) is 50.8 Å². The molecule has 1 aromatic rings. The smallest absolute Gasteiger partial charge is 0.0146 e. The van der Waals surface area contributed by atoms with Crippen molar-refractivity contribution in [2.24, 2.45) is 0 Å². The van der Waals surface area contributed by atoms with Gasteiger partial charge < -0.3 is 0 Å². The fourth-order valence-corrected chi connectivity index (χ4v) is 1.73. The van der Waals surface area contributed by atoms with Gasteiger partial charge in [-0.15, -0.1) is 0 Å². The minimum atomic E-state index is 1.20. The maximum atomic E-state index is 3.33. The molecule has 0 N–H and O–H groups in total. The topological polar surface area (TPSA) is 0 Å². The van der Waals surface area contributed by atoms with Gasteiger partial charge in [0.05, 0.1) is 0 Å². The van der Waals surface area contributed by atoms with Crippen molar-refractivity contribution in [2.75, 3.05) is 0 Å². The van der Waals surface area contributed by atoms with Crippen LogP contribution < -0.4 is 0 Å². The molecule has 0 aliphatic carbocycles. The van der Waals surface area contributed by atoms with Crippen LogP contribution in [0.5, 0.6) is 0 Å². The monoisotopic (exact) mass is 189 g/mol. The minimum absolute atomic E-state index is 1.20. The molecule has 0 heterocycles. The molecule has 0 spiro atoms. The predicted molar refractivity (Wildman–Crippen MR) is 62.5 cm³/mol. The Morgan fingerprint density at radius 1 is 1.14 bits per heavy atom. The van der Waals surface area contributed by atoms with E-state index < -0.39 is 0 Å². The van der Waals surface area contributed by atoms with Crippen molar-refractivity contribution >= 4 is 0 Å². The van der Waals surface area contributed by atoms with Gasteiger partial charge in [0.15, 0.2) is 0 Å². The van der Waals surface area contributed by atoms with Gasteiger partial charge >= 0.3 is 0 Å². The highest BCUT2D eigenvalue weighted by molar-refractivity contribution is 5.24. The summed E-state index contributed by atoms with van der Waals surface area (Å²) < 4.78 is 0. The summed E-state index contributed by atoms with van der Waals surface area (Å²) in [6.07, 6.45) is 8.00. The molecule has 0 atom stereocenters. The molecule has 0 aliphatic rings. The molecule has 0 saturated carbocycles. The molecule has 1 aromatic carbocycles. The minimum Gasteiger partial charge on any atom is -0.0654 e. The number of hydrogen-bond donors (Lipinski definition) is 0. The average Bonchev–Trinajstić information content (AvgIpc) is 2.20. The van der Waals surface area contributed by atoms with E-state index in [0.29, 0.717) is 0 Å². The number of aryl methyl sites for hydroxylation is 2. The molecule has 0 aliphatic heterocycles. The summed E-state index contributed by atoms with van der Waals surface area (Å²) in [4.78, 5) is 0. The first-order valence-electron chi connectivity index (χ1n) is 5.80. The van der Waals surface area contributed by atoms with E-state index in [4.69, 9.17) is 0 Å². The molecule has 0 fully saturated rings. The second-order valence-electron chi connectivity index (χ2n) is 4.00. The molecular weight excluding hydrogens is 168 g/mol. The lowest BCUT2D eigenvalue weighted by Gasteiger charge is -2.04. The largest absolute Gasteiger partial charge is 0.0654 e. The molecule has 0 nitrogen and oxygen atoms in total. The third kappa shape index (κ3) is 3.95. The van der Waals surface area contributed by atoms with Crippen LogP contribution in [0.4, 0.5) is 0 Å². The summed E-state index contributed by atoms with van der Waals surface area (Å²) in [6, 6.07) is 9.59. The standard InChI is InChI=1S/C14H21/c1-3-4-5-6-7-11-14-12-9-8-10-13(14)2/h8-10H,3-7,11H2,1-2H3. The summed E-state index contributed by atoms with van der Waals surface area (Å²) in [5.41, 5.74) is 2.80. The normalized spacial score (nSPS) is 10.4. The SMILES string of the molecule is CCCCCCCc1[c]cccc1C. The van der Waals surface area contributed by atoms with Crippen LogP contribution in [0.1, 0.15) is 50.2 Å². The highest BCUT2D eigenvalue weighted by Crippen LogP contribution is 2.11. The van der Waals surface area contributed by atoms with Crippen molar-refractivity contribution in [1.82, 2.24) is 0 Å².